The monoisotopic (exact) mass is 886 g/mol. The molecule has 14 nitrogen and oxygen atoms in total. The van der Waals surface area contributed by atoms with Gasteiger partial charge < -0.3 is 40.7 Å². The summed E-state index contributed by atoms with van der Waals surface area (Å²) in [4.78, 5) is 84.8. The Bertz CT molecular complexity index is 2090. The van der Waals surface area contributed by atoms with E-state index in [1.165, 1.54) is 11.9 Å². The molecule has 6 amide bonds. The molecule has 16 heteroatoms. The summed E-state index contributed by atoms with van der Waals surface area (Å²) in [5.41, 5.74) is 4.37. The number of amides is 6. The maximum atomic E-state index is 14.4. The molecule has 0 aliphatic carbocycles. The quantitative estimate of drug-likeness (QED) is 0.145. The Morgan fingerprint density at radius 2 is 1.59 bits per heavy atom. The van der Waals surface area contributed by atoms with Crippen molar-refractivity contribution in [3.8, 4) is 11.1 Å². The molecule has 1 aliphatic rings. The van der Waals surface area contributed by atoms with E-state index < -0.39 is 71.8 Å². The molecule has 342 valence electrons. The van der Waals surface area contributed by atoms with Crippen molar-refractivity contribution in [2.24, 2.45) is 17.3 Å². The molecule has 1 fully saturated rings. The first-order valence-corrected chi connectivity index (χ1v) is 22.6. The summed E-state index contributed by atoms with van der Waals surface area (Å²) in [7, 11) is 6.31. The summed E-state index contributed by atoms with van der Waals surface area (Å²) in [5.74, 6) is -3.21. The van der Waals surface area contributed by atoms with Gasteiger partial charge in [0.05, 0.1) is 12.6 Å². The number of rotatable bonds is 11. The zero-order valence-electron chi connectivity index (χ0n) is 38.8. The minimum Gasteiger partial charge on any atom is -0.387 e. The van der Waals surface area contributed by atoms with Gasteiger partial charge in [-0.25, -0.2) is 0 Å². The first-order chi connectivity index (χ1) is 29.6. The van der Waals surface area contributed by atoms with E-state index in [2.05, 4.69) is 65.5 Å². The molecule has 1 aromatic heterocycles. The van der Waals surface area contributed by atoms with Crippen LogP contribution in [0.2, 0.25) is 0 Å². The summed E-state index contributed by atoms with van der Waals surface area (Å²) in [6.07, 6.45) is 2.80. The van der Waals surface area contributed by atoms with Crippen molar-refractivity contribution in [3.63, 3.8) is 0 Å². The van der Waals surface area contributed by atoms with Gasteiger partial charge in [0, 0.05) is 50.1 Å². The first kappa shape index (κ1) is 50.6. The van der Waals surface area contributed by atoms with Gasteiger partial charge in [0.15, 0.2) is 0 Å². The third-order valence-electron chi connectivity index (χ3n) is 11.7. The number of hydrogen-bond acceptors (Lipinski definition) is 7. The fourth-order valence-corrected chi connectivity index (χ4v) is 8.48. The molecule has 2 aromatic carbocycles. The minimum atomic E-state index is -1.17. The van der Waals surface area contributed by atoms with E-state index in [1.54, 1.807) is 11.8 Å². The van der Waals surface area contributed by atoms with Gasteiger partial charge in [-0.05, 0) is 72.9 Å². The van der Waals surface area contributed by atoms with Crippen LogP contribution in [0.4, 0.5) is 0 Å². The molecule has 0 spiro atoms. The molecule has 7 atom stereocenters. The van der Waals surface area contributed by atoms with Crippen molar-refractivity contribution in [3.05, 3.63) is 72.1 Å². The van der Waals surface area contributed by atoms with Crippen molar-refractivity contribution < 1.29 is 33.9 Å². The highest BCUT2D eigenvalue weighted by molar-refractivity contribution is 7.28. The number of carbonyl (C=O) groups is 6. The van der Waals surface area contributed by atoms with E-state index in [1.807, 2.05) is 86.6 Å². The molecule has 1 saturated heterocycles. The van der Waals surface area contributed by atoms with Gasteiger partial charge in [-0.1, -0.05) is 95.5 Å². The Balaban J connectivity index is 1.78. The van der Waals surface area contributed by atoms with Gasteiger partial charge in [0.2, 0.25) is 35.4 Å². The van der Waals surface area contributed by atoms with E-state index in [-0.39, 0.29) is 50.1 Å². The lowest BCUT2D eigenvalue weighted by atomic mass is 9.82. The molecule has 6 unspecified atom stereocenters. The van der Waals surface area contributed by atoms with Gasteiger partial charge >= 0.3 is 0 Å². The van der Waals surface area contributed by atoms with Crippen LogP contribution >= 0.6 is 9.24 Å². The first-order valence-electron chi connectivity index (χ1n) is 22.0. The van der Waals surface area contributed by atoms with Crippen LogP contribution in [0.1, 0.15) is 98.4 Å². The van der Waals surface area contributed by atoms with Gasteiger partial charge in [-0.2, -0.15) is 0 Å². The second-order valence-electron chi connectivity index (χ2n) is 18.8. The Morgan fingerprint density at radius 3 is 2.22 bits per heavy atom. The lowest BCUT2D eigenvalue weighted by Crippen LogP contribution is -2.57. The van der Waals surface area contributed by atoms with Crippen molar-refractivity contribution >= 4 is 63.3 Å². The predicted molar refractivity (Wildman–Crippen MR) is 253 cm³/mol. The summed E-state index contributed by atoms with van der Waals surface area (Å²) >= 11 is 0. The standard InChI is InChI=1S/C47H69BN7O7P/c1-28(2)21-37-45(61)52-36(44(60)50-30(4)29(3)15-18-40(57)49-31(5)46(62)53(9)26-41(58)51-37)19-20-55(42(59)27-56)43(47(6,7)8)38-22-33(35-23-34(48)16-17-39(35)63)25-54(38)24-32-13-11-10-12-14-32/h10-14,16-17,22-23,25,28-31,36-37,43,56H,15,18-21,24,26-27,48,63H2,1-9H3,(H,49,57)(H,50,60)(H,51,58)(H,52,61)/t29?,30?,31-,36?,37?,43?/m0/s1. The topological polar surface area (TPSA) is 182 Å². The van der Waals surface area contributed by atoms with E-state index >= 15 is 0 Å². The number of likely N-dealkylation sites (N-methyl/N-ethyl adjacent to an activating group) is 1. The number of aliphatic hydroxyl groups excluding tert-OH is 1. The lowest BCUT2D eigenvalue weighted by Gasteiger charge is -2.41. The van der Waals surface area contributed by atoms with Gasteiger partial charge in [-0.3, -0.25) is 28.8 Å². The Hall–Kier alpha value is -5.01. The molecular weight excluding hydrogens is 816 g/mol. The minimum absolute atomic E-state index is 0.0265. The number of aromatic nitrogens is 1. The highest BCUT2D eigenvalue weighted by Crippen LogP contribution is 2.41. The molecule has 0 radical (unpaired) electrons. The van der Waals surface area contributed by atoms with Gasteiger partial charge in [0.1, 0.15) is 32.6 Å². The number of nitrogens with one attached hydrogen (secondary N) is 4. The third-order valence-corrected chi connectivity index (χ3v) is 12.2. The molecule has 1 aliphatic heterocycles. The van der Waals surface area contributed by atoms with E-state index in [0.717, 1.165) is 33.2 Å². The Kier molecular flexibility index (Phi) is 18.1. The molecule has 2 heterocycles. The van der Waals surface area contributed by atoms with Crippen LogP contribution in [0, 0.1) is 17.3 Å². The highest BCUT2D eigenvalue weighted by Gasteiger charge is 2.38. The van der Waals surface area contributed by atoms with Crippen LogP contribution in [0.3, 0.4) is 0 Å². The second kappa shape index (κ2) is 22.6. The summed E-state index contributed by atoms with van der Waals surface area (Å²) in [5, 5.41) is 23.0. The number of nitrogens with zero attached hydrogens (tertiary/aromatic N) is 3. The number of benzene rings is 2. The van der Waals surface area contributed by atoms with Crippen molar-refractivity contribution in [1.29, 1.82) is 0 Å². The number of hydrogen-bond donors (Lipinski definition) is 5. The average molecular weight is 886 g/mol. The maximum absolute atomic E-state index is 14.4. The zero-order chi connectivity index (χ0) is 46.8. The van der Waals surface area contributed by atoms with Crippen LogP contribution in [-0.2, 0) is 35.3 Å². The molecule has 5 N–H and O–H groups in total. The number of aliphatic hydroxyl groups is 1. The zero-order valence-corrected chi connectivity index (χ0v) is 39.9. The van der Waals surface area contributed by atoms with E-state index in [0.29, 0.717) is 13.0 Å². The van der Waals surface area contributed by atoms with Gasteiger partial charge in [-0.15, -0.1) is 9.24 Å². The van der Waals surface area contributed by atoms with Gasteiger partial charge in [0.25, 0.3) is 0 Å². The van der Waals surface area contributed by atoms with Crippen LogP contribution in [0.15, 0.2) is 60.8 Å². The smallest absolute Gasteiger partial charge is 0.248 e. The maximum Gasteiger partial charge on any atom is 0.248 e. The Morgan fingerprint density at radius 1 is 0.921 bits per heavy atom. The average Bonchev–Trinajstić information content (AvgIpc) is 3.61. The second-order valence-corrected chi connectivity index (χ2v) is 19.4. The molecule has 3 aromatic rings. The predicted octanol–water partition coefficient (Wildman–Crippen LogP) is 2.17. The van der Waals surface area contributed by atoms with Crippen LogP contribution in [-0.4, -0.2) is 114 Å². The Labute approximate surface area is 376 Å². The van der Waals surface area contributed by atoms with Crippen LogP contribution in [0.5, 0.6) is 0 Å². The molecule has 0 saturated carbocycles. The fraction of sp³-hybridized carbons (Fsp3) is 0.532. The van der Waals surface area contributed by atoms with Crippen LogP contribution < -0.4 is 32.0 Å². The summed E-state index contributed by atoms with van der Waals surface area (Å²) in [6.45, 7) is 14.5. The van der Waals surface area contributed by atoms with Crippen molar-refractivity contribution in [1.82, 2.24) is 35.6 Å². The molecule has 0 bridgehead atoms. The SMILES string of the molecule is Bc1ccc(P)c(-c2cc(C(N(CCC3NC(=O)C(CC(C)C)NC(=O)CN(C)C(=O)[C@H](C)NC(=O)CCC(C)C(C)NC3=O)C(=O)CO)C(C)(C)C)n(Cc3ccccc3)c2)c1. The van der Waals surface area contributed by atoms with E-state index in [9.17, 15) is 33.9 Å². The fourth-order valence-electron chi connectivity index (χ4n) is 8.13. The molecule has 63 heavy (non-hydrogen) atoms. The van der Waals surface area contributed by atoms with E-state index in [4.69, 9.17) is 0 Å². The summed E-state index contributed by atoms with van der Waals surface area (Å²) in [6, 6.07) is 14.2. The largest absolute Gasteiger partial charge is 0.387 e. The molecular formula is C47H69BN7O7P. The van der Waals surface area contributed by atoms with Crippen molar-refractivity contribution in [2.75, 3.05) is 26.7 Å². The van der Waals surface area contributed by atoms with Crippen LogP contribution in [0.25, 0.3) is 11.1 Å². The van der Waals surface area contributed by atoms with Crippen molar-refractivity contribution in [2.45, 2.75) is 118 Å². The normalized spacial score (nSPS) is 21.7. The highest BCUT2D eigenvalue weighted by atomic mass is 31.0. The lowest BCUT2D eigenvalue weighted by molar-refractivity contribution is -0.140. The molecule has 4 rings (SSSR count). The number of carbonyl (C=O) groups excluding carboxylic acids is 6. The summed E-state index contributed by atoms with van der Waals surface area (Å²) < 4.78 is 2.14. The third kappa shape index (κ3) is 14.2.